The standard InChI is InChI=1S/C25H27ClN4O5/c1-32-21-14-17(15-22(33-2)25(21)34-3)20-8-9-23(28-27-20)29-10-12-30(13-11-29)24(31)16-35-19-6-4-18(26)5-7-19/h4-9,14-15H,10-13,16H2,1-3H3. The van der Waals surface area contributed by atoms with Crippen molar-refractivity contribution >= 4 is 23.3 Å². The van der Waals surface area contributed by atoms with Gasteiger partial charge in [-0.3, -0.25) is 4.79 Å². The van der Waals surface area contributed by atoms with Gasteiger partial charge in [-0.15, -0.1) is 10.2 Å². The smallest absolute Gasteiger partial charge is 0.260 e. The van der Waals surface area contributed by atoms with Crippen LogP contribution in [0.2, 0.25) is 5.02 Å². The van der Waals surface area contributed by atoms with Crippen LogP contribution in [0.4, 0.5) is 5.82 Å². The Morgan fingerprint density at radius 1 is 0.886 bits per heavy atom. The number of amides is 1. The molecule has 0 radical (unpaired) electrons. The van der Waals surface area contributed by atoms with Gasteiger partial charge < -0.3 is 28.7 Å². The Kier molecular flexibility index (Phi) is 7.77. The molecule has 1 aliphatic rings. The van der Waals surface area contributed by atoms with Crippen molar-refractivity contribution in [1.82, 2.24) is 15.1 Å². The number of aromatic nitrogens is 2. The molecule has 0 atom stereocenters. The number of hydrogen-bond donors (Lipinski definition) is 0. The van der Waals surface area contributed by atoms with Crippen LogP contribution >= 0.6 is 11.6 Å². The number of hydrogen-bond acceptors (Lipinski definition) is 8. The first-order chi connectivity index (χ1) is 17.0. The van der Waals surface area contributed by atoms with Gasteiger partial charge in [-0.05, 0) is 48.5 Å². The Morgan fingerprint density at radius 3 is 2.09 bits per heavy atom. The third-order valence-electron chi connectivity index (χ3n) is 5.74. The number of methoxy groups -OCH3 is 3. The molecule has 1 aromatic heterocycles. The quantitative estimate of drug-likeness (QED) is 0.466. The molecule has 0 saturated carbocycles. The molecule has 0 spiro atoms. The van der Waals surface area contributed by atoms with Gasteiger partial charge in [0.25, 0.3) is 5.91 Å². The summed E-state index contributed by atoms with van der Waals surface area (Å²) >= 11 is 5.88. The predicted octanol–water partition coefficient (Wildman–Crippen LogP) is 3.55. The average Bonchev–Trinajstić information content (AvgIpc) is 2.91. The van der Waals surface area contributed by atoms with Gasteiger partial charge in [-0.1, -0.05) is 11.6 Å². The van der Waals surface area contributed by atoms with Crippen LogP contribution in [0.1, 0.15) is 0 Å². The van der Waals surface area contributed by atoms with Crippen molar-refractivity contribution < 1.29 is 23.7 Å². The molecule has 1 saturated heterocycles. The maximum Gasteiger partial charge on any atom is 0.260 e. The Hall–Kier alpha value is -3.72. The van der Waals surface area contributed by atoms with E-state index < -0.39 is 0 Å². The second-order valence-electron chi connectivity index (χ2n) is 7.80. The number of anilines is 1. The number of halogens is 1. The number of carbonyl (C=O) groups excluding carboxylic acids is 1. The van der Waals surface area contributed by atoms with Gasteiger partial charge in [0.15, 0.2) is 23.9 Å². The van der Waals surface area contributed by atoms with Crippen LogP contribution in [0.5, 0.6) is 23.0 Å². The van der Waals surface area contributed by atoms with Gasteiger partial charge in [-0.25, -0.2) is 0 Å². The second kappa shape index (κ2) is 11.1. The zero-order valence-corrected chi connectivity index (χ0v) is 20.6. The number of piperazine rings is 1. The lowest BCUT2D eigenvalue weighted by molar-refractivity contribution is -0.133. The molecule has 9 nitrogen and oxygen atoms in total. The van der Waals surface area contributed by atoms with E-state index in [4.69, 9.17) is 30.5 Å². The summed E-state index contributed by atoms with van der Waals surface area (Å²) < 4.78 is 21.8. The number of rotatable bonds is 8. The molecule has 184 valence electrons. The molecule has 1 aliphatic heterocycles. The molecule has 0 bridgehead atoms. The molecular weight excluding hydrogens is 472 g/mol. The fourth-order valence-corrected chi connectivity index (χ4v) is 3.95. The van der Waals surface area contributed by atoms with Crippen LogP contribution in [0.15, 0.2) is 48.5 Å². The SMILES string of the molecule is COc1cc(-c2ccc(N3CCN(C(=O)COc4ccc(Cl)cc4)CC3)nn2)cc(OC)c1OC. The average molecular weight is 499 g/mol. The van der Waals surface area contributed by atoms with Gasteiger partial charge in [0, 0.05) is 36.8 Å². The molecule has 3 aromatic rings. The van der Waals surface area contributed by atoms with Crippen LogP contribution in [-0.4, -0.2) is 75.1 Å². The van der Waals surface area contributed by atoms with E-state index in [1.165, 1.54) is 0 Å². The fourth-order valence-electron chi connectivity index (χ4n) is 3.83. The summed E-state index contributed by atoms with van der Waals surface area (Å²) in [6.45, 7) is 2.47. The van der Waals surface area contributed by atoms with Crippen LogP contribution in [0.3, 0.4) is 0 Å². The molecule has 0 N–H and O–H groups in total. The van der Waals surface area contributed by atoms with E-state index in [0.717, 1.165) is 11.4 Å². The van der Waals surface area contributed by atoms with E-state index >= 15 is 0 Å². The van der Waals surface area contributed by atoms with E-state index in [1.807, 2.05) is 24.3 Å². The van der Waals surface area contributed by atoms with Crippen molar-refractivity contribution in [1.29, 1.82) is 0 Å². The lowest BCUT2D eigenvalue weighted by atomic mass is 10.1. The first-order valence-electron chi connectivity index (χ1n) is 11.1. The fraction of sp³-hybridized carbons (Fsp3) is 0.320. The van der Waals surface area contributed by atoms with E-state index in [-0.39, 0.29) is 12.5 Å². The van der Waals surface area contributed by atoms with Gasteiger partial charge in [0.1, 0.15) is 5.75 Å². The van der Waals surface area contributed by atoms with E-state index in [1.54, 1.807) is 50.5 Å². The molecule has 10 heteroatoms. The highest BCUT2D eigenvalue weighted by atomic mass is 35.5. The molecular formula is C25H27ClN4O5. The van der Waals surface area contributed by atoms with Crippen molar-refractivity contribution in [3.63, 3.8) is 0 Å². The zero-order valence-electron chi connectivity index (χ0n) is 19.9. The third kappa shape index (κ3) is 5.68. The summed E-state index contributed by atoms with van der Waals surface area (Å²) in [6, 6.07) is 14.4. The molecule has 35 heavy (non-hydrogen) atoms. The first kappa shape index (κ1) is 24.4. The minimum Gasteiger partial charge on any atom is -0.493 e. The monoisotopic (exact) mass is 498 g/mol. The Bertz CT molecular complexity index is 1120. The normalized spacial score (nSPS) is 13.4. The molecule has 2 heterocycles. The Morgan fingerprint density at radius 2 is 1.54 bits per heavy atom. The minimum atomic E-state index is -0.0524. The number of benzene rings is 2. The number of ether oxygens (including phenoxy) is 4. The van der Waals surface area contributed by atoms with E-state index in [9.17, 15) is 4.79 Å². The largest absolute Gasteiger partial charge is 0.493 e. The highest BCUT2D eigenvalue weighted by Crippen LogP contribution is 2.40. The molecule has 0 unspecified atom stereocenters. The van der Waals surface area contributed by atoms with Crippen LogP contribution in [0.25, 0.3) is 11.3 Å². The van der Waals surface area contributed by atoms with Gasteiger partial charge in [-0.2, -0.15) is 0 Å². The zero-order chi connectivity index (χ0) is 24.8. The molecule has 1 amide bonds. The molecule has 4 rings (SSSR count). The minimum absolute atomic E-state index is 0.00901. The molecule has 1 fully saturated rings. The maximum atomic E-state index is 12.5. The molecule has 0 aliphatic carbocycles. The van der Waals surface area contributed by atoms with Gasteiger partial charge in [0.2, 0.25) is 5.75 Å². The summed E-state index contributed by atoms with van der Waals surface area (Å²) in [7, 11) is 4.71. The first-order valence-corrected chi connectivity index (χ1v) is 11.5. The van der Waals surface area contributed by atoms with Crippen molar-refractivity contribution in [2.24, 2.45) is 0 Å². The Labute approximate surface area is 209 Å². The summed E-state index contributed by atoms with van der Waals surface area (Å²) in [5.74, 6) is 2.94. The third-order valence-corrected chi connectivity index (χ3v) is 6.00. The highest BCUT2D eigenvalue weighted by molar-refractivity contribution is 6.30. The number of carbonyl (C=O) groups is 1. The van der Waals surface area contributed by atoms with Crippen LogP contribution in [0, 0.1) is 0 Å². The topological polar surface area (TPSA) is 86.3 Å². The summed E-state index contributed by atoms with van der Waals surface area (Å²) in [6.07, 6.45) is 0. The summed E-state index contributed by atoms with van der Waals surface area (Å²) in [5.41, 5.74) is 1.48. The summed E-state index contributed by atoms with van der Waals surface area (Å²) in [5, 5.41) is 9.43. The van der Waals surface area contributed by atoms with Crippen molar-refractivity contribution in [3.8, 4) is 34.3 Å². The van der Waals surface area contributed by atoms with Gasteiger partial charge >= 0.3 is 0 Å². The van der Waals surface area contributed by atoms with Gasteiger partial charge in [0.05, 0.1) is 27.0 Å². The van der Waals surface area contributed by atoms with Crippen molar-refractivity contribution in [2.75, 3.05) is 59.0 Å². The number of nitrogens with zero attached hydrogens (tertiary/aromatic N) is 4. The predicted molar refractivity (Wildman–Crippen MR) is 133 cm³/mol. The van der Waals surface area contributed by atoms with E-state index in [0.29, 0.717) is 59.9 Å². The lowest BCUT2D eigenvalue weighted by Crippen LogP contribution is -2.50. The maximum absolute atomic E-state index is 12.5. The van der Waals surface area contributed by atoms with E-state index in [2.05, 4.69) is 15.1 Å². The van der Waals surface area contributed by atoms with Crippen molar-refractivity contribution in [3.05, 3.63) is 53.6 Å². The van der Waals surface area contributed by atoms with Crippen molar-refractivity contribution in [2.45, 2.75) is 0 Å². The molecule has 2 aromatic carbocycles. The highest BCUT2D eigenvalue weighted by Gasteiger charge is 2.23. The lowest BCUT2D eigenvalue weighted by Gasteiger charge is -2.35. The summed E-state index contributed by atoms with van der Waals surface area (Å²) in [4.78, 5) is 16.4. The second-order valence-corrected chi connectivity index (χ2v) is 8.24. The van der Waals surface area contributed by atoms with Crippen LogP contribution < -0.4 is 23.8 Å². The van der Waals surface area contributed by atoms with Crippen LogP contribution in [-0.2, 0) is 4.79 Å². The Balaban J connectivity index is 1.35.